The predicted molar refractivity (Wildman–Crippen MR) is 106 cm³/mol. The molecule has 0 bridgehead atoms. The molecule has 1 amide bonds. The van der Waals surface area contributed by atoms with Crippen molar-refractivity contribution in [3.8, 4) is 0 Å². The molecule has 1 unspecified atom stereocenters. The molecule has 148 valence electrons. The number of β-amino-alcohol motifs (C(OH)–C–C–N with tert-alkyl or cyclic N) is 1. The lowest BCUT2D eigenvalue weighted by molar-refractivity contribution is -0.117. The zero-order valence-electron chi connectivity index (χ0n) is 15.8. The highest BCUT2D eigenvalue weighted by Gasteiger charge is 2.18. The molecule has 28 heavy (non-hydrogen) atoms. The van der Waals surface area contributed by atoms with Crippen LogP contribution in [0.4, 0.5) is 14.5 Å². The van der Waals surface area contributed by atoms with Gasteiger partial charge in [-0.05, 0) is 61.2 Å². The number of amides is 1. The maximum Gasteiger partial charge on any atom is 0.244 e. The first-order valence-electron chi connectivity index (χ1n) is 9.40. The zero-order valence-corrected chi connectivity index (χ0v) is 15.8. The highest BCUT2D eigenvalue weighted by Crippen LogP contribution is 2.30. The molecule has 4 nitrogen and oxygen atoms in total. The van der Waals surface area contributed by atoms with Gasteiger partial charge >= 0.3 is 0 Å². The highest BCUT2D eigenvalue weighted by atomic mass is 19.1. The summed E-state index contributed by atoms with van der Waals surface area (Å²) < 4.78 is 26.8. The fourth-order valence-electron chi connectivity index (χ4n) is 3.44. The van der Waals surface area contributed by atoms with Crippen LogP contribution in [0, 0.1) is 11.6 Å². The summed E-state index contributed by atoms with van der Waals surface area (Å²) in [6.07, 6.45) is 4.52. The molecule has 3 rings (SSSR count). The SMILES string of the molecule is CC(NC(=O)/C=C/c1cc(F)ccc1F)c1ccc2c(c1)N(CCO)CCC2. The van der Waals surface area contributed by atoms with Crippen LogP contribution in [-0.4, -0.2) is 30.7 Å². The van der Waals surface area contributed by atoms with E-state index in [1.807, 2.05) is 19.1 Å². The molecule has 0 radical (unpaired) electrons. The topological polar surface area (TPSA) is 52.6 Å². The monoisotopic (exact) mass is 386 g/mol. The van der Waals surface area contributed by atoms with Crippen molar-refractivity contribution >= 4 is 17.7 Å². The van der Waals surface area contributed by atoms with E-state index in [-0.39, 0.29) is 24.1 Å². The van der Waals surface area contributed by atoms with Gasteiger partial charge in [-0.1, -0.05) is 12.1 Å². The molecule has 0 aliphatic carbocycles. The van der Waals surface area contributed by atoms with Crippen molar-refractivity contribution in [1.82, 2.24) is 5.32 Å². The quantitative estimate of drug-likeness (QED) is 0.746. The Morgan fingerprint density at radius 1 is 1.29 bits per heavy atom. The van der Waals surface area contributed by atoms with Gasteiger partial charge < -0.3 is 15.3 Å². The van der Waals surface area contributed by atoms with Gasteiger partial charge in [-0.2, -0.15) is 0 Å². The van der Waals surface area contributed by atoms with Crippen LogP contribution in [0.1, 0.15) is 36.1 Å². The van der Waals surface area contributed by atoms with Gasteiger partial charge in [0.15, 0.2) is 0 Å². The van der Waals surface area contributed by atoms with Gasteiger partial charge in [-0.3, -0.25) is 4.79 Å². The number of benzene rings is 2. The maximum atomic E-state index is 13.6. The van der Waals surface area contributed by atoms with E-state index in [4.69, 9.17) is 0 Å². The second-order valence-corrected chi connectivity index (χ2v) is 6.93. The summed E-state index contributed by atoms with van der Waals surface area (Å²) >= 11 is 0. The molecule has 2 aromatic rings. The normalized spacial score (nSPS) is 14.8. The van der Waals surface area contributed by atoms with Crippen LogP contribution in [0.2, 0.25) is 0 Å². The minimum Gasteiger partial charge on any atom is -0.395 e. The Balaban J connectivity index is 1.69. The number of nitrogens with one attached hydrogen (secondary N) is 1. The summed E-state index contributed by atoms with van der Waals surface area (Å²) in [5.74, 6) is -1.53. The van der Waals surface area contributed by atoms with Gasteiger partial charge in [0.1, 0.15) is 11.6 Å². The van der Waals surface area contributed by atoms with Crippen molar-refractivity contribution in [2.75, 3.05) is 24.6 Å². The Bertz CT molecular complexity index is 883. The van der Waals surface area contributed by atoms with E-state index in [1.165, 1.54) is 17.7 Å². The smallest absolute Gasteiger partial charge is 0.244 e. The van der Waals surface area contributed by atoms with Crippen molar-refractivity contribution in [3.05, 3.63) is 70.8 Å². The van der Waals surface area contributed by atoms with E-state index in [1.54, 1.807) is 0 Å². The second-order valence-electron chi connectivity index (χ2n) is 6.93. The molecule has 1 atom stereocenters. The number of fused-ring (bicyclic) bond motifs is 1. The Morgan fingerprint density at radius 2 is 2.11 bits per heavy atom. The lowest BCUT2D eigenvalue weighted by atomic mass is 9.97. The first-order chi connectivity index (χ1) is 13.5. The second kappa shape index (κ2) is 8.97. The van der Waals surface area contributed by atoms with Gasteiger partial charge in [0, 0.05) is 30.4 Å². The maximum absolute atomic E-state index is 13.6. The lowest BCUT2D eigenvalue weighted by Crippen LogP contribution is -2.32. The number of halogens is 2. The first kappa shape index (κ1) is 20.0. The van der Waals surface area contributed by atoms with E-state index < -0.39 is 11.6 Å². The molecule has 1 aliphatic rings. The van der Waals surface area contributed by atoms with Crippen molar-refractivity contribution in [2.45, 2.75) is 25.8 Å². The largest absolute Gasteiger partial charge is 0.395 e. The number of hydrogen-bond acceptors (Lipinski definition) is 3. The van der Waals surface area contributed by atoms with E-state index in [2.05, 4.69) is 16.3 Å². The molecule has 2 aromatic carbocycles. The summed E-state index contributed by atoms with van der Waals surface area (Å²) in [5, 5.41) is 12.1. The minimum atomic E-state index is -0.586. The minimum absolute atomic E-state index is 0.0243. The van der Waals surface area contributed by atoms with Crippen LogP contribution < -0.4 is 10.2 Å². The Hall–Kier alpha value is -2.73. The van der Waals surface area contributed by atoms with Crippen LogP contribution in [0.25, 0.3) is 6.08 Å². The average molecular weight is 386 g/mol. The van der Waals surface area contributed by atoms with Crippen LogP contribution in [0.15, 0.2) is 42.5 Å². The van der Waals surface area contributed by atoms with E-state index in [0.29, 0.717) is 6.54 Å². The average Bonchev–Trinajstić information content (AvgIpc) is 2.69. The lowest BCUT2D eigenvalue weighted by Gasteiger charge is -2.31. The molecule has 1 heterocycles. The molecular formula is C22H24F2N2O2. The standard InChI is InChI=1S/C22H24F2N2O2/c1-15(25-22(28)9-6-18-13-19(23)7-8-20(18)24)17-5-4-16-3-2-10-26(11-12-27)21(16)14-17/h4-9,13-15,27H,2-3,10-12H2,1H3,(H,25,28)/b9-6+. The molecule has 0 fully saturated rings. The summed E-state index contributed by atoms with van der Waals surface area (Å²) in [7, 11) is 0. The Morgan fingerprint density at radius 3 is 2.89 bits per heavy atom. The van der Waals surface area contributed by atoms with Gasteiger partial charge in [0.05, 0.1) is 12.6 Å². The molecule has 1 aliphatic heterocycles. The first-order valence-corrected chi connectivity index (χ1v) is 9.40. The predicted octanol–water partition coefficient (Wildman–Crippen LogP) is 3.60. The van der Waals surface area contributed by atoms with E-state index >= 15 is 0 Å². The van der Waals surface area contributed by atoms with Crippen molar-refractivity contribution in [3.63, 3.8) is 0 Å². The summed E-state index contributed by atoms with van der Waals surface area (Å²) in [5.41, 5.74) is 3.30. The molecule has 0 spiro atoms. The van der Waals surface area contributed by atoms with Crippen LogP contribution >= 0.6 is 0 Å². The number of hydrogen-bond donors (Lipinski definition) is 2. The molecule has 6 heteroatoms. The molecule has 0 aromatic heterocycles. The fourth-order valence-corrected chi connectivity index (χ4v) is 3.44. The number of carbonyl (C=O) groups is 1. The molecule has 2 N–H and O–H groups in total. The number of anilines is 1. The van der Waals surface area contributed by atoms with Gasteiger partial charge in [-0.15, -0.1) is 0 Å². The molecular weight excluding hydrogens is 362 g/mol. The Kier molecular flexibility index (Phi) is 6.41. The number of aliphatic hydroxyl groups is 1. The molecule has 0 saturated heterocycles. The van der Waals surface area contributed by atoms with Crippen LogP contribution in [0.3, 0.4) is 0 Å². The summed E-state index contributed by atoms with van der Waals surface area (Å²) in [6.45, 7) is 3.45. The third kappa shape index (κ3) is 4.75. The summed E-state index contributed by atoms with van der Waals surface area (Å²) in [4.78, 5) is 14.4. The van der Waals surface area contributed by atoms with Crippen LogP contribution in [-0.2, 0) is 11.2 Å². The Labute approximate surface area is 163 Å². The highest BCUT2D eigenvalue weighted by molar-refractivity contribution is 5.92. The summed E-state index contributed by atoms with van der Waals surface area (Å²) in [6, 6.07) is 8.95. The van der Waals surface area contributed by atoms with Gasteiger partial charge in [-0.25, -0.2) is 8.78 Å². The molecule has 0 saturated carbocycles. The fraction of sp³-hybridized carbons (Fsp3) is 0.318. The van der Waals surface area contributed by atoms with Crippen LogP contribution in [0.5, 0.6) is 0 Å². The van der Waals surface area contributed by atoms with Crippen molar-refractivity contribution in [2.24, 2.45) is 0 Å². The van der Waals surface area contributed by atoms with E-state index in [0.717, 1.165) is 48.8 Å². The number of carbonyl (C=O) groups excluding carboxylic acids is 1. The van der Waals surface area contributed by atoms with Crippen molar-refractivity contribution < 1.29 is 18.7 Å². The number of rotatable bonds is 6. The van der Waals surface area contributed by atoms with E-state index in [9.17, 15) is 18.7 Å². The van der Waals surface area contributed by atoms with Gasteiger partial charge in [0.25, 0.3) is 0 Å². The number of nitrogens with zero attached hydrogens (tertiary/aromatic N) is 1. The number of aliphatic hydroxyl groups excluding tert-OH is 1. The third-order valence-electron chi connectivity index (χ3n) is 4.93. The van der Waals surface area contributed by atoms with Crippen molar-refractivity contribution in [1.29, 1.82) is 0 Å². The zero-order chi connectivity index (χ0) is 20.1. The number of aryl methyl sites for hydroxylation is 1. The third-order valence-corrected chi connectivity index (χ3v) is 4.93. The van der Waals surface area contributed by atoms with Gasteiger partial charge in [0.2, 0.25) is 5.91 Å².